The molecule has 2 N–H and O–H groups in total. The fourth-order valence-corrected chi connectivity index (χ4v) is 2.99. The number of benzene rings is 1. The SMILES string of the molecule is CC(C)(C)C(CN)N1CCN(c2ccc(F)cc2)CC1. The first-order chi connectivity index (χ1) is 9.41. The van der Waals surface area contributed by atoms with Gasteiger partial charge in [-0.15, -0.1) is 0 Å². The highest BCUT2D eigenvalue weighted by Gasteiger charge is 2.31. The predicted octanol–water partition coefficient (Wildman–Crippen LogP) is 2.32. The molecule has 1 atom stereocenters. The second-order valence-electron chi connectivity index (χ2n) is 6.62. The summed E-state index contributed by atoms with van der Waals surface area (Å²) >= 11 is 0. The fourth-order valence-electron chi connectivity index (χ4n) is 2.99. The molecule has 112 valence electrons. The van der Waals surface area contributed by atoms with Crippen molar-refractivity contribution in [3.05, 3.63) is 30.1 Å². The van der Waals surface area contributed by atoms with Crippen LogP contribution in [-0.4, -0.2) is 43.7 Å². The number of nitrogens with zero attached hydrogens (tertiary/aromatic N) is 2. The van der Waals surface area contributed by atoms with Crippen molar-refractivity contribution in [3.8, 4) is 0 Å². The van der Waals surface area contributed by atoms with E-state index in [-0.39, 0.29) is 11.2 Å². The van der Waals surface area contributed by atoms with Gasteiger partial charge in [0.05, 0.1) is 0 Å². The van der Waals surface area contributed by atoms with Crippen LogP contribution in [0.5, 0.6) is 0 Å². The number of hydrogen-bond acceptors (Lipinski definition) is 3. The van der Waals surface area contributed by atoms with Crippen molar-refractivity contribution in [2.75, 3.05) is 37.6 Å². The number of nitrogens with two attached hydrogens (primary N) is 1. The molecule has 0 aromatic heterocycles. The highest BCUT2D eigenvalue weighted by Crippen LogP contribution is 2.25. The molecule has 1 heterocycles. The summed E-state index contributed by atoms with van der Waals surface area (Å²) in [5.41, 5.74) is 7.26. The zero-order valence-corrected chi connectivity index (χ0v) is 12.8. The van der Waals surface area contributed by atoms with Crippen LogP contribution in [0, 0.1) is 11.2 Å². The maximum atomic E-state index is 13.0. The number of halogens is 1. The third-order valence-corrected chi connectivity index (χ3v) is 4.17. The topological polar surface area (TPSA) is 32.5 Å². The standard InChI is InChI=1S/C16H26FN3/c1-16(2,3)15(12-18)20-10-8-19(9-11-20)14-6-4-13(17)5-7-14/h4-7,15H,8-12,18H2,1-3H3. The van der Waals surface area contributed by atoms with Crippen LogP contribution in [0.3, 0.4) is 0 Å². The molecule has 4 heteroatoms. The van der Waals surface area contributed by atoms with Gasteiger partial charge in [0.2, 0.25) is 0 Å². The fraction of sp³-hybridized carbons (Fsp3) is 0.625. The monoisotopic (exact) mass is 279 g/mol. The molecule has 3 nitrogen and oxygen atoms in total. The van der Waals surface area contributed by atoms with E-state index in [9.17, 15) is 4.39 Å². The lowest BCUT2D eigenvalue weighted by Gasteiger charge is -2.44. The summed E-state index contributed by atoms with van der Waals surface area (Å²) in [6.07, 6.45) is 0. The molecular formula is C16H26FN3. The zero-order chi connectivity index (χ0) is 14.8. The summed E-state index contributed by atoms with van der Waals surface area (Å²) in [5.74, 6) is -0.177. The minimum atomic E-state index is -0.177. The molecule has 1 fully saturated rings. The van der Waals surface area contributed by atoms with Crippen molar-refractivity contribution >= 4 is 5.69 Å². The molecule has 0 bridgehead atoms. The largest absolute Gasteiger partial charge is 0.369 e. The first kappa shape index (κ1) is 15.3. The summed E-state index contributed by atoms with van der Waals surface area (Å²) in [4.78, 5) is 4.80. The van der Waals surface area contributed by atoms with E-state index in [0.717, 1.165) is 31.9 Å². The highest BCUT2D eigenvalue weighted by molar-refractivity contribution is 5.46. The van der Waals surface area contributed by atoms with Gasteiger partial charge in [0, 0.05) is 44.5 Å². The Morgan fingerprint density at radius 3 is 2.10 bits per heavy atom. The lowest BCUT2D eigenvalue weighted by molar-refractivity contribution is 0.0987. The minimum Gasteiger partial charge on any atom is -0.369 e. The molecule has 1 aliphatic heterocycles. The van der Waals surface area contributed by atoms with E-state index in [4.69, 9.17) is 5.73 Å². The van der Waals surface area contributed by atoms with E-state index in [1.165, 1.54) is 12.1 Å². The van der Waals surface area contributed by atoms with Crippen molar-refractivity contribution in [1.82, 2.24) is 4.90 Å². The Kier molecular flexibility index (Phi) is 4.66. The number of rotatable bonds is 3. The molecule has 0 spiro atoms. The van der Waals surface area contributed by atoms with Crippen LogP contribution in [0.2, 0.25) is 0 Å². The van der Waals surface area contributed by atoms with Gasteiger partial charge in [-0.2, -0.15) is 0 Å². The van der Waals surface area contributed by atoms with Crippen molar-refractivity contribution in [3.63, 3.8) is 0 Å². The van der Waals surface area contributed by atoms with E-state index in [1.54, 1.807) is 0 Å². The third kappa shape index (κ3) is 3.49. The van der Waals surface area contributed by atoms with Crippen LogP contribution in [0.25, 0.3) is 0 Å². The molecule has 1 aliphatic rings. The summed E-state index contributed by atoms with van der Waals surface area (Å²) in [6.45, 7) is 11.4. The molecule has 0 radical (unpaired) electrons. The smallest absolute Gasteiger partial charge is 0.123 e. The maximum absolute atomic E-state index is 13.0. The number of hydrogen-bond donors (Lipinski definition) is 1. The Morgan fingerprint density at radius 1 is 1.10 bits per heavy atom. The quantitative estimate of drug-likeness (QED) is 0.921. The van der Waals surface area contributed by atoms with Gasteiger partial charge >= 0.3 is 0 Å². The van der Waals surface area contributed by atoms with E-state index < -0.39 is 0 Å². The molecule has 0 aliphatic carbocycles. The van der Waals surface area contributed by atoms with E-state index >= 15 is 0 Å². The zero-order valence-electron chi connectivity index (χ0n) is 12.8. The predicted molar refractivity (Wildman–Crippen MR) is 82.5 cm³/mol. The van der Waals surface area contributed by atoms with Crippen LogP contribution < -0.4 is 10.6 Å². The molecule has 1 unspecified atom stereocenters. The van der Waals surface area contributed by atoms with Gasteiger partial charge in [0.25, 0.3) is 0 Å². The van der Waals surface area contributed by atoms with Gasteiger partial charge < -0.3 is 10.6 Å². The van der Waals surface area contributed by atoms with Crippen molar-refractivity contribution in [2.45, 2.75) is 26.8 Å². The molecular weight excluding hydrogens is 253 g/mol. The average molecular weight is 279 g/mol. The van der Waals surface area contributed by atoms with Crippen LogP contribution >= 0.6 is 0 Å². The molecule has 1 aromatic carbocycles. The third-order valence-electron chi connectivity index (χ3n) is 4.17. The normalized spacial score (nSPS) is 19.1. The van der Waals surface area contributed by atoms with E-state index in [1.807, 2.05) is 12.1 Å². The Hall–Kier alpha value is -1.13. The first-order valence-electron chi connectivity index (χ1n) is 7.36. The number of anilines is 1. The van der Waals surface area contributed by atoms with E-state index in [2.05, 4.69) is 30.6 Å². The Morgan fingerprint density at radius 2 is 1.65 bits per heavy atom. The van der Waals surface area contributed by atoms with Crippen LogP contribution in [0.1, 0.15) is 20.8 Å². The lowest BCUT2D eigenvalue weighted by atomic mass is 9.85. The first-order valence-corrected chi connectivity index (χ1v) is 7.36. The van der Waals surface area contributed by atoms with Crippen molar-refractivity contribution in [2.24, 2.45) is 11.1 Å². The summed E-state index contributed by atoms with van der Waals surface area (Å²) in [5, 5.41) is 0. The van der Waals surface area contributed by atoms with Crippen LogP contribution in [0.4, 0.5) is 10.1 Å². The molecule has 2 rings (SSSR count). The van der Waals surface area contributed by atoms with Gasteiger partial charge in [-0.3, -0.25) is 4.90 Å². The van der Waals surface area contributed by atoms with Crippen LogP contribution in [0.15, 0.2) is 24.3 Å². The highest BCUT2D eigenvalue weighted by atomic mass is 19.1. The van der Waals surface area contributed by atoms with Crippen molar-refractivity contribution in [1.29, 1.82) is 0 Å². The second-order valence-corrected chi connectivity index (χ2v) is 6.62. The van der Waals surface area contributed by atoms with Gasteiger partial charge in [-0.1, -0.05) is 20.8 Å². The molecule has 1 aromatic rings. The van der Waals surface area contributed by atoms with Gasteiger partial charge in [-0.25, -0.2) is 4.39 Å². The average Bonchev–Trinajstić information content (AvgIpc) is 2.40. The Balaban J connectivity index is 1.96. The molecule has 1 saturated heterocycles. The van der Waals surface area contributed by atoms with Gasteiger partial charge in [0.1, 0.15) is 5.82 Å². The maximum Gasteiger partial charge on any atom is 0.123 e. The summed E-state index contributed by atoms with van der Waals surface area (Å²) in [7, 11) is 0. The summed E-state index contributed by atoms with van der Waals surface area (Å²) in [6, 6.07) is 7.18. The summed E-state index contributed by atoms with van der Waals surface area (Å²) < 4.78 is 13.0. The minimum absolute atomic E-state index is 0.177. The van der Waals surface area contributed by atoms with Gasteiger partial charge in [0.15, 0.2) is 0 Å². The van der Waals surface area contributed by atoms with Gasteiger partial charge in [-0.05, 0) is 29.7 Å². The van der Waals surface area contributed by atoms with Crippen LogP contribution in [-0.2, 0) is 0 Å². The molecule has 0 saturated carbocycles. The molecule has 20 heavy (non-hydrogen) atoms. The van der Waals surface area contributed by atoms with Crippen molar-refractivity contribution < 1.29 is 4.39 Å². The second kappa shape index (κ2) is 6.10. The lowest BCUT2D eigenvalue weighted by Crippen LogP contribution is -2.56. The van der Waals surface area contributed by atoms with E-state index in [0.29, 0.717) is 12.6 Å². The Labute approximate surface area is 121 Å². The number of piperazine rings is 1. The molecule has 0 amide bonds. The Bertz CT molecular complexity index is 416.